The second kappa shape index (κ2) is 9.38. The normalized spacial score (nSPS) is 19.1. The molecule has 3 heteroatoms. The number of piperazine rings is 1. The largest absolute Gasteiger partial charge is 0.335 e. The zero-order valence-corrected chi connectivity index (χ0v) is 13.8. The standard InChI is InChI=1S/C17H34N2O/c1-4-6-8-10-12-17(3,11-9-7-5-2)19-14-13-18-15-16(19)20/h18H,4-15H2,1-3H3. The van der Waals surface area contributed by atoms with Crippen LogP contribution in [-0.4, -0.2) is 36.0 Å². The van der Waals surface area contributed by atoms with Crippen molar-refractivity contribution in [2.45, 2.75) is 84.1 Å². The number of amides is 1. The molecule has 1 fully saturated rings. The van der Waals surface area contributed by atoms with Crippen LogP contribution in [0.1, 0.15) is 78.6 Å². The van der Waals surface area contributed by atoms with Crippen molar-refractivity contribution in [3.8, 4) is 0 Å². The summed E-state index contributed by atoms with van der Waals surface area (Å²) in [6, 6.07) is 0. The molecule has 20 heavy (non-hydrogen) atoms. The first kappa shape index (κ1) is 17.5. The van der Waals surface area contributed by atoms with Gasteiger partial charge in [0.1, 0.15) is 0 Å². The summed E-state index contributed by atoms with van der Waals surface area (Å²) in [5, 5.41) is 3.19. The predicted octanol–water partition coefficient (Wildman–Crippen LogP) is 3.73. The highest BCUT2D eigenvalue weighted by Crippen LogP contribution is 2.29. The Morgan fingerprint density at radius 2 is 1.65 bits per heavy atom. The maximum Gasteiger partial charge on any atom is 0.237 e. The average molecular weight is 282 g/mol. The van der Waals surface area contributed by atoms with Crippen molar-refractivity contribution in [1.82, 2.24) is 10.2 Å². The van der Waals surface area contributed by atoms with Crippen molar-refractivity contribution in [3.05, 3.63) is 0 Å². The van der Waals surface area contributed by atoms with E-state index in [0.717, 1.165) is 13.1 Å². The average Bonchev–Trinajstić information content (AvgIpc) is 2.44. The molecule has 0 aromatic rings. The van der Waals surface area contributed by atoms with Gasteiger partial charge in [-0.25, -0.2) is 0 Å². The quantitative estimate of drug-likeness (QED) is 0.619. The molecule has 0 aromatic heterocycles. The lowest BCUT2D eigenvalue weighted by atomic mass is 9.86. The maximum absolute atomic E-state index is 12.2. The minimum atomic E-state index is 0.0854. The van der Waals surface area contributed by atoms with Gasteiger partial charge >= 0.3 is 0 Å². The van der Waals surface area contributed by atoms with E-state index in [4.69, 9.17) is 0 Å². The van der Waals surface area contributed by atoms with Gasteiger partial charge in [0, 0.05) is 18.6 Å². The van der Waals surface area contributed by atoms with Crippen LogP contribution in [0.5, 0.6) is 0 Å². The monoisotopic (exact) mass is 282 g/mol. The highest BCUT2D eigenvalue weighted by atomic mass is 16.2. The molecular formula is C17H34N2O. The van der Waals surface area contributed by atoms with Crippen molar-refractivity contribution >= 4 is 5.91 Å². The van der Waals surface area contributed by atoms with E-state index in [-0.39, 0.29) is 5.54 Å². The maximum atomic E-state index is 12.2. The molecule has 1 unspecified atom stereocenters. The number of nitrogens with one attached hydrogen (secondary N) is 1. The van der Waals surface area contributed by atoms with Gasteiger partial charge in [-0.1, -0.05) is 58.8 Å². The molecule has 118 valence electrons. The van der Waals surface area contributed by atoms with E-state index in [2.05, 4.69) is 31.0 Å². The summed E-state index contributed by atoms with van der Waals surface area (Å²) in [7, 11) is 0. The minimum absolute atomic E-state index is 0.0854. The number of rotatable bonds is 10. The van der Waals surface area contributed by atoms with E-state index in [0.29, 0.717) is 12.5 Å². The third-order valence-corrected chi connectivity index (χ3v) is 4.63. The van der Waals surface area contributed by atoms with Crippen molar-refractivity contribution in [2.24, 2.45) is 0 Å². The number of hydrogen-bond acceptors (Lipinski definition) is 2. The van der Waals surface area contributed by atoms with Crippen LogP contribution in [0.15, 0.2) is 0 Å². The molecule has 1 heterocycles. The summed E-state index contributed by atoms with van der Waals surface area (Å²) in [4.78, 5) is 14.4. The van der Waals surface area contributed by atoms with Crippen molar-refractivity contribution in [2.75, 3.05) is 19.6 Å². The Labute approximate surface area is 125 Å². The molecule has 0 bridgehead atoms. The first-order chi connectivity index (χ1) is 9.64. The van der Waals surface area contributed by atoms with Crippen molar-refractivity contribution in [3.63, 3.8) is 0 Å². The number of unbranched alkanes of at least 4 members (excludes halogenated alkanes) is 5. The van der Waals surface area contributed by atoms with Crippen LogP contribution in [0.3, 0.4) is 0 Å². The van der Waals surface area contributed by atoms with Gasteiger partial charge in [-0.15, -0.1) is 0 Å². The zero-order valence-electron chi connectivity index (χ0n) is 13.8. The molecule has 1 N–H and O–H groups in total. The number of nitrogens with zero attached hydrogens (tertiary/aromatic N) is 1. The summed E-state index contributed by atoms with van der Waals surface area (Å²) < 4.78 is 0. The Morgan fingerprint density at radius 3 is 2.25 bits per heavy atom. The Morgan fingerprint density at radius 1 is 1.05 bits per heavy atom. The minimum Gasteiger partial charge on any atom is -0.335 e. The second-order valence-corrected chi connectivity index (χ2v) is 6.49. The highest BCUT2D eigenvalue weighted by Gasteiger charge is 2.35. The fourth-order valence-electron chi connectivity index (χ4n) is 3.26. The molecule has 0 saturated carbocycles. The van der Waals surface area contributed by atoms with Crippen LogP contribution in [-0.2, 0) is 4.79 Å². The molecule has 0 spiro atoms. The van der Waals surface area contributed by atoms with E-state index in [1.165, 1.54) is 57.8 Å². The molecule has 0 aliphatic carbocycles. The summed E-state index contributed by atoms with van der Waals surface area (Å²) in [6.45, 7) is 9.17. The van der Waals surface area contributed by atoms with E-state index in [1.54, 1.807) is 0 Å². The molecule has 0 aromatic carbocycles. The topological polar surface area (TPSA) is 32.3 Å². The van der Waals surface area contributed by atoms with Gasteiger partial charge in [0.15, 0.2) is 0 Å². The number of carbonyl (C=O) groups is 1. The van der Waals surface area contributed by atoms with Crippen LogP contribution >= 0.6 is 0 Å². The fourth-order valence-corrected chi connectivity index (χ4v) is 3.26. The van der Waals surface area contributed by atoms with Crippen LogP contribution in [0.4, 0.5) is 0 Å². The smallest absolute Gasteiger partial charge is 0.237 e. The van der Waals surface area contributed by atoms with E-state index in [9.17, 15) is 4.79 Å². The summed E-state index contributed by atoms with van der Waals surface area (Å²) in [6.07, 6.45) is 11.3. The van der Waals surface area contributed by atoms with Gasteiger partial charge in [-0.3, -0.25) is 4.79 Å². The molecular weight excluding hydrogens is 248 g/mol. The first-order valence-corrected chi connectivity index (χ1v) is 8.65. The van der Waals surface area contributed by atoms with Crippen molar-refractivity contribution in [1.29, 1.82) is 0 Å². The van der Waals surface area contributed by atoms with Gasteiger partial charge in [0.2, 0.25) is 5.91 Å². The first-order valence-electron chi connectivity index (χ1n) is 8.65. The van der Waals surface area contributed by atoms with E-state index in [1.807, 2.05) is 0 Å². The Balaban J connectivity index is 2.58. The van der Waals surface area contributed by atoms with Gasteiger partial charge < -0.3 is 10.2 Å². The van der Waals surface area contributed by atoms with Gasteiger partial charge in [-0.05, 0) is 19.8 Å². The fraction of sp³-hybridized carbons (Fsp3) is 0.941. The lowest BCUT2D eigenvalue weighted by molar-refractivity contribution is -0.139. The Hall–Kier alpha value is -0.570. The van der Waals surface area contributed by atoms with E-state index < -0.39 is 0 Å². The summed E-state index contributed by atoms with van der Waals surface area (Å²) >= 11 is 0. The van der Waals surface area contributed by atoms with Gasteiger partial charge in [0.25, 0.3) is 0 Å². The molecule has 1 rings (SSSR count). The molecule has 1 atom stereocenters. The third kappa shape index (κ3) is 5.43. The Kier molecular flexibility index (Phi) is 8.20. The van der Waals surface area contributed by atoms with Crippen LogP contribution < -0.4 is 5.32 Å². The number of hydrogen-bond donors (Lipinski definition) is 1. The van der Waals surface area contributed by atoms with Gasteiger partial charge in [0.05, 0.1) is 6.54 Å². The predicted molar refractivity (Wildman–Crippen MR) is 85.9 cm³/mol. The zero-order chi connectivity index (χ0) is 14.8. The summed E-state index contributed by atoms with van der Waals surface area (Å²) in [5.41, 5.74) is 0.0854. The molecule has 1 aliphatic heterocycles. The lowest BCUT2D eigenvalue weighted by Crippen LogP contribution is -2.58. The van der Waals surface area contributed by atoms with Crippen LogP contribution in [0, 0.1) is 0 Å². The third-order valence-electron chi connectivity index (χ3n) is 4.63. The molecule has 0 radical (unpaired) electrons. The number of carbonyl (C=O) groups excluding carboxylic acids is 1. The SMILES string of the molecule is CCCCCCC(C)(CCCCC)N1CCNCC1=O. The Bertz CT molecular complexity index is 280. The summed E-state index contributed by atoms with van der Waals surface area (Å²) in [5.74, 6) is 0.297. The molecule has 3 nitrogen and oxygen atoms in total. The second-order valence-electron chi connectivity index (χ2n) is 6.49. The van der Waals surface area contributed by atoms with Crippen LogP contribution in [0.2, 0.25) is 0 Å². The molecule has 1 amide bonds. The molecule has 1 saturated heterocycles. The highest BCUT2D eigenvalue weighted by molar-refractivity contribution is 5.79. The van der Waals surface area contributed by atoms with Crippen molar-refractivity contribution < 1.29 is 4.79 Å². The lowest BCUT2D eigenvalue weighted by Gasteiger charge is -2.44. The van der Waals surface area contributed by atoms with Crippen LogP contribution in [0.25, 0.3) is 0 Å². The van der Waals surface area contributed by atoms with E-state index >= 15 is 0 Å². The molecule has 1 aliphatic rings. The van der Waals surface area contributed by atoms with Gasteiger partial charge in [-0.2, -0.15) is 0 Å².